The molecule has 0 aliphatic carbocycles. The van der Waals surface area contributed by atoms with Gasteiger partial charge in [0.1, 0.15) is 0 Å². The zero-order valence-corrected chi connectivity index (χ0v) is 14.2. The minimum atomic E-state index is -3.56. The monoisotopic (exact) mass is 375 g/mol. The summed E-state index contributed by atoms with van der Waals surface area (Å²) in [4.78, 5) is 5.24. The smallest absolute Gasteiger partial charge is 0.243 e. The molecule has 2 N–H and O–H groups in total. The Kier molecular flexibility index (Phi) is 4.48. The first-order valence-electron chi connectivity index (χ1n) is 5.72. The van der Waals surface area contributed by atoms with Crippen molar-refractivity contribution in [3.05, 3.63) is 38.8 Å². The van der Waals surface area contributed by atoms with E-state index in [2.05, 4.69) is 20.9 Å². The molecule has 0 radical (unpaired) electrons. The maximum Gasteiger partial charge on any atom is 0.243 e. The van der Waals surface area contributed by atoms with Crippen LogP contribution in [0.5, 0.6) is 0 Å². The number of thiazole rings is 1. The van der Waals surface area contributed by atoms with E-state index in [0.29, 0.717) is 16.7 Å². The van der Waals surface area contributed by atoms with Crippen molar-refractivity contribution in [2.45, 2.75) is 18.4 Å². The van der Waals surface area contributed by atoms with Gasteiger partial charge >= 0.3 is 0 Å². The fourth-order valence-corrected chi connectivity index (χ4v) is 3.96. The molecule has 0 aliphatic heterocycles. The number of aromatic nitrogens is 1. The van der Waals surface area contributed by atoms with Crippen molar-refractivity contribution in [2.24, 2.45) is 0 Å². The fourth-order valence-electron chi connectivity index (χ4n) is 1.63. The van der Waals surface area contributed by atoms with Gasteiger partial charge in [0.05, 0.1) is 16.1 Å². The standard InChI is InChI=1S/C12H14BrN3O2S2/c1-8-12(19-7-15-8)6-16(2)20(17,18)9-3-4-10(13)11(14)5-9/h3-5,7H,6,14H2,1-2H3. The van der Waals surface area contributed by atoms with Crippen LogP contribution >= 0.6 is 27.3 Å². The number of sulfonamides is 1. The Morgan fingerprint density at radius 1 is 1.45 bits per heavy atom. The summed E-state index contributed by atoms with van der Waals surface area (Å²) in [6.07, 6.45) is 0. The van der Waals surface area contributed by atoms with E-state index in [9.17, 15) is 8.42 Å². The molecule has 1 aromatic carbocycles. The molecule has 0 spiro atoms. The van der Waals surface area contributed by atoms with Crippen LogP contribution in [-0.2, 0) is 16.6 Å². The summed E-state index contributed by atoms with van der Waals surface area (Å²) in [6.45, 7) is 2.17. The summed E-state index contributed by atoms with van der Waals surface area (Å²) in [7, 11) is -2.01. The predicted octanol–water partition coefficient (Wildman–Crippen LogP) is 2.62. The normalized spacial score (nSPS) is 12.0. The SMILES string of the molecule is Cc1ncsc1CN(C)S(=O)(=O)c1ccc(Br)c(N)c1. The van der Waals surface area contributed by atoms with Crippen LogP contribution in [0.2, 0.25) is 0 Å². The molecule has 5 nitrogen and oxygen atoms in total. The van der Waals surface area contributed by atoms with Gasteiger partial charge in [-0.05, 0) is 41.1 Å². The molecule has 8 heteroatoms. The first-order valence-corrected chi connectivity index (χ1v) is 8.84. The number of nitrogens with zero attached hydrogens (tertiary/aromatic N) is 2. The maximum absolute atomic E-state index is 12.5. The van der Waals surface area contributed by atoms with Crippen molar-refractivity contribution in [1.29, 1.82) is 0 Å². The number of halogens is 1. The van der Waals surface area contributed by atoms with Crippen molar-refractivity contribution >= 4 is 43.0 Å². The number of rotatable bonds is 4. The van der Waals surface area contributed by atoms with Crippen molar-refractivity contribution in [3.8, 4) is 0 Å². The molecule has 2 rings (SSSR count). The van der Waals surface area contributed by atoms with Gasteiger partial charge in [-0.1, -0.05) is 0 Å². The second kappa shape index (κ2) is 5.80. The molecule has 0 unspecified atom stereocenters. The lowest BCUT2D eigenvalue weighted by Crippen LogP contribution is -2.26. The molecule has 0 aliphatic rings. The number of nitrogens with two attached hydrogens (primary N) is 1. The van der Waals surface area contributed by atoms with Crippen molar-refractivity contribution < 1.29 is 8.42 Å². The van der Waals surface area contributed by atoms with Gasteiger partial charge in [-0.3, -0.25) is 0 Å². The summed E-state index contributed by atoms with van der Waals surface area (Å²) < 4.78 is 26.9. The highest BCUT2D eigenvalue weighted by atomic mass is 79.9. The lowest BCUT2D eigenvalue weighted by molar-refractivity contribution is 0.468. The number of hydrogen-bond donors (Lipinski definition) is 1. The number of nitrogen functional groups attached to an aromatic ring is 1. The Hall–Kier alpha value is -0.960. The summed E-state index contributed by atoms with van der Waals surface area (Å²) in [5, 5.41) is 0. The van der Waals surface area contributed by atoms with Crippen LogP contribution < -0.4 is 5.73 Å². The topological polar surface area (TPSA) is 76.3 Å². The van der Waals surface area contributed by atoms with Crippen LogP contribution in [0.3, 0.4) is 0 Å². The number of benzene rings is 1. The van der Waals surface area contributed by atoms with Crippen LogP contribution in [0, 0.1) is 6.92 Å². The Morgan fingerprint density at radius 3 is 2.70 bits per heavy atom. The Labute approximate surface area is 130 Å². The van der Waals surface area contributed by atoms with E-state index in [1.54, 1.807) is 18.6 Å². The quantitative estimate of drug-likeness (QED) is 0.833. The minimum Gasteiger partial charge on any atom is -0.398 e. The zero-order valence-electron chi connectivity index (χ0n) is 11.0. The third kappa shape index (κ3) is 3.03. The molecule has 0 saturated heterocycles. The van der Waals surface area contributed by atoms with E-state index in [1.165, 1.54) is 27.8 Å². The average Bonchev–Trinajstić information content (AvgIpc) is 2.78. The number of anilines is 1. The molecule has 0 atom stereocenters. The molecular formula is C12H14BrN3O2S2. The lowest BCUT2D eigenvalue weighted by atomic mass is 10.3. The molecule has 1 aromatic heterocycles. The zero-order chi connectivity index (χ0) is 14.9. The third-order valence-electron chi connectivity index (χ3n) is 2.89. The van der Waals surface area contributed by atoms with Gasteiger partial charge in [0, 0.05) is 28.6 Å². The minimum absolute atomic E-state index is 0.183. The van der Waals surface area contributed by atoms with E-state index in [-0.39, 0.29) is 4.90 Å². The third-order valence-corrected chi connectivity index (χ3v) is 6.33. The van der Waals surface area contributed by atoms with Gasteiger partial charge in [-0.2, -0.15) is 4.31 Å². The second-order valence-electron chi connectivity index (χ2n) is 4.31. The Balaban J connectivity index is 2.29. The molecule has 0 saturated carbocycles. The highest BCUT2D eigenvalue weighted by Crippen LogP contribution is 2.25. The van der Waals surface area contributed by atoms with Crippen molar-refractivity contribution in [3.63, 3.8) is 0 Å². The lowest BCUT2D eigenvalue weighted by Gasteiger charge is -2.17. The van der Waals surface area contributed by atoms with E-state index in [0.717, 1.165) is 10.6 Å². The van der Waals surface area contributed by atoms with E-state index in [4.69, 9.17) is 5.73 Å². The second-order valence-corrected chi connectivity index (χ2v) is 8.14. The first kappa shape index (κ1) is 15.4. The fraction of sp³-hybridized carbons (Fsp3) is 0.250. The van der Waals surface area contributed by atoms with E-state index in [1.807, 2.05) is 6.92 Å². The van der Waals surface area contributed by atoms with Gasteiger partial charge in [0.15, 0.2) is 0 Å². The van der Waals surface area contributed by atoms with E-state index < -0.39 is 10.0 Å². The highest BCUT2D eigenvalue weighted by molar-refractivity contribution is 9.10. The number of aryl methyl sites for hydroxylation is 1. The van der Waals surface area contributed by atoms with Crippen molar-refractivity contribution in [2.75, 3.05) is 12.8 Å². The Bertz CT molecular complexity index is 728. The van der Waals surface area contributed by atoms with Gasteiger partial charge < -0.3 is 5.73 Å². The van der Waals surface area contributed by atoms with Crippen molar-refractivity contribution in [1.82, 2.24) is 9.29 Å². The molecular weight excluding hydrogens is 362 g/mol. The highest BCUT2D eigenvalue weighted by Gasteiger charge is 2.22. The summed E-state index contributed by atoms with van der Waals surface area (Å²) >= 11 is 4.70. The summed E-state index contributed by atoms with van der Waals surface area (Å²) in [5.41, 5.74) is 8.70. The largest absolute Gasteiger partial charge is 0.398 e. The van der Waals surface area contributed by atoms with Gasteiger partial charge in [-0.15, -0.1) is 11.3 Å². The van der Waals surface area contributed by atoms with Gasteiger partial charge in [0.2, 0.25) is 10.0 Å². The molecule has 20 heavy (non-hydrogen) atoms. The van der Waals surface area contributed by atoms with Crippen LogP contribution in [0.1, 0.15) is 10.6 Å². The molecule has 1 heterocycles. The number of hydrogen-bond acceptors (Lipinski definition) is 5. The summed E-state index contributed by atoms with van der Waals surface area (Å²) in [5.74, 6) is 0. The van der Waals surface area contributed by atoms with Crippen LogP contribution in [-0.4, -0.2) is 24.8 Å². The molecule has 0 bridgehead atoms. The molecule has 0 fully saturated rings. The molecule has 2 aromatic rings. The molecule has 0 amide bonds. The van der Waals surface area contributed by atoms with E-state index >= 15 is 0 Å². The Morgan fingerprint density at radius 2 is 2.15 bits per heavy atom. The molecule has 108 valence electrons. The van der Waals surface area contributed by atoms with Gasteiger partial charge in [0.25, 0.3) is 0 Å². The van der Waals surface area contributed by atoms with Gasteiger partial charge in [-0.25, -0.2) is 13.4 Å². The first-order chi connectivity index (χ1) is 9.32. The van der Waals surface area contributed by atoms with Crippen LogP contribution in [0.25, 0.3) is 0 Å². The summed E-state index contributed by atoms with van der Waals surface area (Å²) in [6, 6.07) is 4.62. The average molecular weight is 376 g/mol. The van der Waals surface area contributed by atoms with Crippen LogP contribution in [0.4, 0.5) is 5.69 Å². The van der Waals surface area contributed by atoms with Crippen LogP contribution in [0.15, 0.2) is 33.1 Å². The predicted molar refractivity (Wildman–Crippen MR) is 84.1 cm³/mol. The maximum atomic E-state index is 12.5.